The predicted molar refractivity (Wildman–Crippen MR) is 65.8 cm³/mol. The Morgan fingerprint density at radius 3 is 2.59 bits per heavy atom. The summed E-state index contributed by atoms with van der Waals surface area (Å²) >= 11 is 0. The smallest absolute Gasteiger partial charge is 0.205 e. The first kappa shape index (κ1) is 13.5. The predicted octanol–water partition coefficient (Wildman–Crippen LogP) is 0.344. The number of anilines is 2. The Morgan fingerprint density at radius 2 is 2.06 bits per heavy atom. The van der Waals surface area contributed by atoms with Crippen LogP contribution in [0.25, 0.3) is 0 Å². The van der Waals surface area contributed by atoms with Gasteiger partial charge in [0, 0.05) is 12.1 Å². The molecule has 0 aliphatic carbocycles. The van der Waals surface area contributed by atoms with Crippen molar-refractivity contribution in [2.75, 3.05) is 24.5 Å². The maximum absolute atomic E-state index is 8.97. The number of nitrogens with zero attached hydrogens (tertiary/aromatic N) is 2. The monoisotopic (exact) mass is 241 g/mol. The van der Waals surface area contributed by atoms with Crippen molar-refractivity contribution in [2.45, 2.75) is 25.8 Å². The van der Waals surface area contributed by atoms with Gasteiger partial charge in [-0.3, -0.25) is 0 Å². The molecule has 0 bridgehead atoms. The quantitative estimate of drug-likeness (QED) is 0.420. The Morgan fingerprint density at radius 1 is 1.41 bits per heavy atom. The largest absolute Gasteiger partial charge is 0.490 e. The molecule has 0 fully saturated rings. The molecule has 5 N–H and O–H groups in total. The molecule has 1 aromatic heterocycles. The van der Waals surface area contributed by atoms with Gasteiger partial charge in [-0.25, -0.2) is 15.8 Å². The van der Waals surface area contributed by atoms with Gasteiger partial charge in [0.05, 0.1) is 7.11 Å². The fraction of sp³-hybridized carbons (Fsp3) is 0.600. The number of hydrogen-bond acceptors (Lipinski definition) is 7. The van der Waals surface area contributed by atoms with E-state index in [0.717, 1.165) is 0 Å². The maximum Gasteiger partial charge on any atom is 0.205 e. The van der Waals surface area contributed by atoms with E-state index in [1.165, 1.54) is 13.4 Å². The number of rotatable bonds is 6. The summed E-state index contributed by atoms with van der Waals surface area (Å²) in [6, 6.07) is 0. The van der Waals surface area contributed by atoms with Crippen molar-refractivity contribution in [3.63, 3.8) is 0 Å². The second-order valence-electron chi connectivity index (χ2n) is 4.23. The summed E-state index contributed by atoms with van der Waals surface area (Å²) in [5.74, 6) is 6.72. The SMILES string of the molecule is COc1c(NN)ncnc1NC(C)(C)CCO. The molecule has 0 atom stereocenters. The van der Waals surface area contributed by atoms with Crippen LogP contribution >= 0.6 is 0 Å². The average Bonchev–Trinajstić information content (AvgIpc) is 2.27. The zero-order valence-electron chi connectivity index (χ0n) is 10.3. The number of aliphatic hydroxyl groups is 1. The molecule has 17 heavy (non-hydrogen) atoms. The minimum Gasteiger partial charge on any atom is -0.490 e. The summed E-state index contributed by atoms with van der Waals surface area (Å²) in [6.07, 6.45) is 1.97. The van der Waals surface area contributed by atoms with Crippen LogP contribution in [0.3, 0.4) is 0 Å². The molecule has 0 radical (unpaired) electrons. The molecule has 0 aromatic carbocycles. The third-order valence-electron chi connectivity index (χ3n) is 2.34. The van der Waals surface area contributed by atoms with Gasteiger partial charge in [-0.15, -0.1) is 0 Å². The number of hydrogen-bond donors (Lipinski definition) is 4. The minimum absolute atomic E-state index is 0.0927. The third-order valence-corrected chi connectivity index (χ3v) is 2.34. The summed E-state index contributed by atoms with van der Waals surface area (Å²) in [5, 5.41) is 12.2. The molecule has 1 aromatic rings. The van der Waals surface area contributed by atoms with Crippen molar-refractivity contribution >= 4 is 11.6 Å². The molecule has 1 heterocycles. The fourth-order valence-corrected chi connectivity index (χ4v) is 1.42. The lowest BCUT2D eigenvalue weighted by atomic mass is 10.0. The Bertz CT molecular complexity index is 370. The Labute approximate surface area is 100 Å². The second kappa shape index (κ2) is 5.65. The molecule has 1 rings (SSSR count). The number of aromatic nitrogens is 2. The van der Waals surface area contributed by atoms with Crippen LogP contribution in [-0.4, -0.2) is 34.3 Å². The van der Waals surface area contributed by atoms with Crippen LogP contribution in [0, 0.1) is 0 Å². The first-order valence-electron chi connectivity index (χ1n) is 5.28. The number of methoxy groups -OCH3 is 1. The average molecular weight is 241 g/mol. The normalized spacial score (nSPS) is 11.1. The fourth-order valence-electron chi connectivity index (χ4n) is 1.42. The van der Waals surface area contributed by atoms with Crippen molar-refractivity contribution in [1.29, 1.82) is 0 Å². The van der Waals surface area contributed by atoms with Crippen molar-refractivity contribution < 1.29 is 9.84 Å². The Balaban J connectivity index is 2.98. The van der Waals surface area contributed by atoms with Gasteiger partial charge in [-0.1, -0.05) is 0 Å². The first-order valence-corrected chi connectivity index (χ1v) is 5.28. The molecule has 0 saturated carbocycles. The van der Waals surface area contributed by atoms with Gasteiger partial charge in [-0.2, -0.15) is 0 Å². The van der Waals surface area contributed by atoms with Gasteiger partial charge in [0.25, 0.3) is 0 Å². The summed E-state index contributed by atoms with van der Waals surface area (Å²) in [7, 11) is 1.52. The number of aliphatic hydroxyl groups excluding tert-OH is 1. The Kier molecular flexibility index (Phi) is 4.47. The van der Waals surface area contributed by atoms with Gasteiger partial charge in [0.15, 0.2) is 11.6 Å². The van der Waals surface area contributed by atoms with Gasteiger partial charge < -0.3 is 20.6 Å². The summed E-state index contributed by atoms with van der Waals surface area (Å²) in [4.78, 5) is 8.04. The molecule has 0 aliphatic rings. The van der Waals surface area contributed by atoms with Crippen LogP contribution in [-0.2, 0) is 0 Å². The highest BCUT2D eigenvalue weighted by Crippen LogP contribution is 2.30. The molecule has 96 valence electrons. The highest BCUT2D eigenvalue weighted by Gasteiger charge is 2.21. The van der Waals surface area contributed by atoms with Crippen LogP contribution in [0.2, 0.25) is 0 Å². The maximum atomic E-state index is 8.97. The summed E-state index contributed by atoms with van der Waals surface area (Å²) in [5.41, 5.74) is 2.14. The lowest BCUT2D eigenvalue weighted by molar-refractivity contribution is 0.260. The van der Waals surface area contributed by atoms with E-state index in [0.29, 0.717) is 23.8 Å². The highest BCUT2D eigenvalue weighted by atomic mass is 16.5. The van der Waals surface area contributed by atoms with E-state index >= 15 is 0 Å². The molecule has 0 amide bonds. The minimum atomic E-state index is -0.303. The van der Waals surface area contributed by atoms with Crippen LogP contribution in [0.5, 0.6) is 5.75 Å². The van der Waals surface area contributed by atoms with E-state index in [2.05, 4.69) is 20.7 Å². The lowest BCUT2D eigenvalue weighted by Crippen LogP contribution is -2.32. The molecular formula is C10H19N5O2. The zero-order valence-corrected chi connectivity index (χ0v) is 10.3. The zero-order chi connectivity index (χ0) is 12.9. The van der Waals surface area contributed by atoms with Crippen molar-refractivity contribution in [3.05, 3.63) is 6.33 Å². The molecule has 0 unspecified atom stereocenters. The van der Waals surface area contributed by atoms with E-state index < -0.39 is 0 Å². The van der Waals surface area contributed by atoms with Crippen molar-refractivity contribution in [3.8, 4) is 5.75 Å². The van der Waals surface area contributed by atoms with E-state index in [1.54, 1.807) is 0 Å². The van der Waals surface area contributed by atoms with E-state index in [4.69, 9.17) is 15.7 Å². The second-order valence-corrected chi connectivity index (χ2v) is 4.23. The molecule has 0 aliphatic heterocycles. The molecule has 7 heteroatoms. The number of nitrogen functional groups attached to an aromatic ring is 1. The van der Waals surface area contributed by atoms with Gasteiger partial charge in [-0.05, 0) is 20.3 Å². The van der Waals surface area contributed by atoms with E-state index in [1.807, 2.05) is 13.8 Å². The van der Waals surface area contributed by atoms with Crippen LogP contribution in [0.1, 0.15) is 20.3 Å². The van der Waals surface area contributed by atoms with Crippen molar-refractivity contribution in [2.24, 2.45) is 5.84 Å². The Hall–Kier alpha value is -1.60. The molecule has 0 spiro atoms. The van der Waals surface area contributed by atoms with Crippen LogP contribution in [0.15, 0.2) is 6.33 Å². The third kappa shape index (κ3) is 3.43. The van der Waals surface area contributed by atoms with E-state index in [9.17, 15) is 0 Å². The standard InChI is InChI=1S/C10H19N5O2/c1-10(2,4-5-16)14-8-7(17-3)9(15-11)13-6-12-8/h6,16H,4-5,11H2,1-3H3,(H2,12,13,14,15). The van der Waals surface area contributed by atoms with Crippen LogP contribution in [0.4, 0.5) is 11.6 Å². The highest BCUT2D eigenvalue weighted by molar-refractivity contribution is 5.63. The molecule has 7 nitrogen and oxygen atoms in total. The van der Waals surface area contributed by atoms with Gasteiger partial charge in [0.1, 0.15) is 6.33 Å². The number of ether oxygens (including phenoxy) is 1. The number of hydrazine groups is 1. The topological polar surface area (TPSA) is 105 Å². The van der Waals surface area contributed by atoms with Crippen LogP contribution < -0.4 is 21.3 Å². The summed E-state index contributed by atoms with van der Waals surface area (Å²) < 4.78 is 5.20. The van der Waals surface area contributed by atoms with Crippen molar-refractivity contribution in [1.82, 2.24) is 9.97 Å². The molecule has 0 saturated heterocycles. The molecular weight excluding hydrogens is 222 g/mol. The van der Waals surface area contributed by atoms with Gasteiger partial charge >= 0.3 is 0 Å². The van der Waals surface area contributed by atoms with Gasteiger partial charge in [0.2, 0.25) is 5.75 Å². The number of nitrogens with one attached hydrogen (secondary N) is 2. The first-order chi connectivity index (χ1) is 8.04. The summed E-state index contributed by atoms with van der Waals surface area (Å²) in [6.45, 7) is 4.01. The van der Waals surface area contributed by atoms with E-state index in [-0.39, 0.29) is 12.1 Å². The number of nitrogens with two attached hydrogens (primary N) is 1. The lowest BCUT2D eigenvalue weighted by Gasteiger charge is -2.27.